The van der Waals surface area contributed by atoms with Crippen molar-refractivity contribution in [3.8, 4) is 0 Å². The molecule has 0 radical (unpaired) electrons. The SMILES string of the molecule is CN(C)C1(CN(Cc2ccccc2)S(=O)(=O)c2ccc(Cl)cc2)CCCC1. The molecule has 0 unspecified atom stereocenters. The molecular weight excluding hydrogens is 380 g/mol. The molecule has 0 aromatic heterocycles. The highest BCUT2D eigenvalue weighted by molar-refractivity contribution is 7.89. The van der Waals surface area contributed by atoms with Gasteiger partial charge in [-0.15, -0.1) is 0 Å². The van der Waals surface area contributed by atoms with E-state index in [1.54, 1.807) is 28.6 Å². The zero-order valence-corrected chi connectivity index (χ0v) is 17.5. The van der Waals surface area contributed by atoms with Crippen molar-refractivity contribution >= 4 is 21.6 Å². The van der Waals surface area contributed by atoms with Gasteiger partial charge in [0.1, 0.15) is 0 Å². The predicted octanol–water partition coefficient (Wildman–Crippen LogP) is 4.41. The largest absolute Gasteiger partial charge is 0.302 e. The van der Waals surface area contributed by atoms with Crippen LogP contribution in [0.3, 0.4) is 0 Å². The van der Waals surface area contributed by atoms with E-state index in [2.05, 4.69) is 19.0 Å². The molecule has 0 aliphatic heterocycles. The predicted molar refractivity (Wildman–Crippen MR) is 110 cm³/mol. The van der Waals surface area contributed by atoms with Gasteiger partial charge in [-0.1, -0.05) is 54.8 Å². The Hall–Kier alpha value is -1.40. The highest BCUT2D eigenvalue weighted by Crippen LogP contribution is 2.36. The lowest BCUT2D eigenvalue weighted by atomic mass is 9.96. The summed E-state index contributed by atoms with van der Waals surface area (Å²) in [5.41, 5.74) is 0.871. The molecule has 1 fully saturated rings. The second kappa shape index (κ2) is 8.31. The quantitative estimate of drug-likeness (QED) is 0.684. The third-order valence-corrected chi connectivity index (χ3v) is 7.66. The van der Waals surface area contributed by atoms with Gasteiger partial charge < -0.3 is 4.90 Å². The third kappa shape index (κ3) is 4.54. The topological polar surface area (TPSA) is 40.6 Å². The van der Waals surface area contributed by atoms with Crippen molar-refractivity contribution < 1.29 is 8.42 Å². The van der Waals surface area contributed by atoms with E-state index < -0.39 is 10.0 Å². The van der Waals surface area contributed by atoms with Crippen molar-refractivity contribution in [3.05, 3.63) is 65.2 Å². The zero-order valence-electron chi connectivity index (χ0n) is 15.9. The Bertz CT molecular complexity index is 846. The molecule has 0 heterocycles. The second-order valence-corrected chi connectivity index (χ2v) is 9.91. The lowest BCUT2D eigenvalue weighted by molar-refractivity contribution is 0.124. The first-order valence-electron chi connectivity index (χ1n) is 9.31. The molecule has 0 saturated heterocycles. The number of sulfonamides is 1. The van der Waals surface area contributed by atoms with Crippen LogP contribution in [0.4, 0.5) is 0 Å². The number of hydrogen-bond donors (Lipinski definition) is 0. The molecule has 3 rings (SSSR count). The van der Waals surface area contributed by atoms with E-state index in [1.165, 1.54) is 0 Å². The van der Waals surface area contributed by atoms with Crippen molar-refractivity contribution in [2.75, 3.05) is 20.6 Å². The van der Waals surface area contributed by atoms with Gasteiger partial charge in [0.2, 0.25) is 10.0 Å². The highest BCUT2D eigenvalue weighted by atomic mass is 35.5. The summed E-state index contributed by atoms with van der Waals surface area (Å²) in [6, 6.07) is 16.2. The Labute approximate surface area is 167 Å². The summed E-state index contributed by atoms with van der Waals surface area (Å²) in [5, 5.41) is 0.532. The van der Waals surface area contributed by atoms with Crippen LogP contribution in [0.1, 0.15) is 31.2 Å². The summed E-state index contributed by atoms with van der Waals surface area (Å²) < 4.78 is 28.6. The van der Waals surface area contributed by atoms with E-state index in [1.807, 2.05) is 30.3 Å². The zero-order chi connectivity index (χ0) is 19.5. The molecule has 0 N–H and O–H groups in total. The van der Waals surface area contributed by atoms with Gasteiger partial charge >= 0.3 is 0 Å². The average Bonchev–Trinajstić information content (AvgIpc) is 3.12. The molecule has 27 heavy (non-hydrogen) atoms. The summed E-state index contributed by atoms with van der Waals surface area (Å²) >= 11 is 5.96. The maximum absolute atomic E-state index is 13.5. The number of likely N-dealkylation sites (N-methyl/N-ethyl adjacent to an activating group) is 1. The van der Waals surface area contributed by atoms with E-state index >= 15 is 0 Å². The monoisotopic (exact) mass is 406 g/mol. The van der Waals surface area contributed by atoms with Crippen LogP contribution in [0.15, 0.2) is 59.5 Å². The van der Waals surface area contributed by atoms with Gasteiger partial charge in [0, 0.05) is 23.7 Å². The molecule has 0 bridgehead atoms. The maximum atomic E-state index is 13.5. The molecule has 2 aromatic carbocycles. The molecular formula is C21H27ClN2O2S. The van der Waals surface area contributed by atoms with E-state index in [4.69, 9.17) is 11.6 Å². The van der Waals surface area contributed by atoms with Crippen LogP contribution in [-0.4, -0.2) is 43.8 Å². The van der Waals surface area contributed by atoms with Gasteiger partial charge in [-0.3, -0.25) is 0 Å². The first kappa shape index (κ1) is 20.3. The van der Waals surface area contributed by atoms with Crippen LogP contribution < -0.4 is 0 Å². The van der Waals surface area contributed by atoms with Crippen LogP contribution in [0.5, 0.6) is 0 Å². The molecule has 4 nitrogen and oxygen atoms in total. The first-order valence-corrected chi connectivity index (χ1v) is 11.1. The summed E-state index contributed by atoms with van der Waals surface area (Å²) in [4.78, 5) is 2.49. The van der Waals surface area contributed by atoms with Crippen molar-refractivity contribution in [2.45, 2.75) is 42.7 Å². The van der Waals surface area contributed by atoms with Gasteiger partial charge in [0.15, 0.2) is 0 Å². The smallest absolute Gasteiger partial charge is 0.243 e. The Balaban J connectivity index is 1.97. The Morgan fingerprint density at radius 1 is 0.963 bits per heavy atom. The Kier molecular flexibility index (Phi) is 6.26. The van der Waals surface area contributed by atoms with Crippen LogP contribution in [-0.2, 0) is 16.6 Å². The molecule has 1 aliphatic rings. The lowest BCUT2D eigenvalue weighted by Gasteiger charge is -2.40. The minimum atomic E-state index is -3.63. The van der Waals surface area contributed by atoms with Crippen molar-refractivity contribution in [1.29, 1.82) is 0 Å². The molecule has 1 aliphatic carbocycles. The fourth-order valence-electron chi connectivity index (χ4n) is 3.88. The summed E-state index contributed by atoms with van der Waals surface area (Å²) in [7, 11) is 0.486. The first-order chi connectivity index (χ1) is 12.8. The van der Waals surface area contributed by atoms with Gasteiger partial charge in [0.25, 0.3) is 0 Å². The number of benzene rings is 2. The third-order valence-electron chi connectivity index (χ3n) is 5.61. The molecule has 146 valence electrons. The van der Waals surface area contributed by atoms with Crippen molar-refractivity contribution in [2.24, 2.45) is 0 Å². The molecule has 1 saturated carbocycles. The molecule has 0 spiro atoms. The Morgan fingerprint density at radius 3 is 2.11 bits per heavy atom. The second-order valence-electron chi connectivity index (χ2n) is 7.54. The minimum Gasteiger partial charge on any atom is -0.302 e. The fourth-order valence-corrected chi connectivity index (χ4v) is 5.51. The van der Waals surface area contributed by atoms with E-state index in [0.29, 0.717) is 18.1 Å². The van der Waals surface area contributed by atoms with Crippen LogP contribution in [0.2, 0.25) is 5.02 Å². The number of rotatable bonds is 7. The molecule has 6 heteroatoms. The highest BCUT2D eigenvalue weighted by Gasteiger charge is 2.40. The van der Waals surface area contributed by atoms with Crippen molar-refractivity contribution in [1.82, 2.24) is 9.21 Å². The van der Waals surface area contributed by atoms with E-state index in [9.17, 15) is 8.42 Å². The van der Waals surface area contributed by atoms with Gasteiger partial charge in [-0.25, -0.2) is 8.42 Å². The maximum Gasteiger partial charge on any atom is 0.243 e. The summed E-state index contributed by atoms with van der Waals surface area (Å²) in [6.07, 6.45) is 4.31. The molecule has 2 aromatic rings. The lowest BCUT2D eigenvalue weighted by Crippen LogP contribution is -2.52. The fraction of sp³-hybridized carbons (Fsp3) is 0.429. The van der Waals surface area contributed by atoms with E-state index in [-0.39, 0.29) is 10.4 Å². The molecule has 0 atom stereocenters. The summed E-state index contributed by atoms with van der Waals surface area (Å²) in [6.45, 7) is 0.848. The van der Waals surface area contributed by atoms with Crippen LogP contribution in [0, 0.1) is 0 Å². The standard InChI is InChI=1S/C21H27ClN2O2S/c1-23(2)21(14-6-7-15-21)17-24(16-18-8-4-3-5-9-18)27(25,26)20-12-10-19(22)11-13-20/h3-5,8-13H,6-7,14-17H2,1-2H3. The van der Waals surface area contributed by atoms with Gasteiger partial charge in [-0.05, 0) is 56.8 Å². The van der Waals surface area contributed by atoms with Crippen LogP contribution >= 0.6 is 11.6 Å². The average molecular weight is 407 g/mol. The normalized spacial score (nSPS) is 16.9. The van der Waals surface area contributed by atoms with Crippen LogP contribution in [0.25, 0.3) is 0 Å². The van der Waals surface area contributed by atoms with Crippen molar-refractivity contribution in [3.63, 3.8) is 0 Å². The minimum absolute atomic E-state index is 0.117. The summed E-state index contributed by atoms with van der Waals surface area (Å²) in [5.74, 6) is 0. The van der Waals surface area contributed by atoms with Gasteiger partial charge in [0.05, 0.1) is 4.90 Å². The van der Waals surface area contributed by atoms with Gasteiger partial charge in [-0.2, -0.15) is 4.31 Å². The van der Waals surface area contributed by atoms with E-state index in [0.717, 1.165) is 31.2 Å². The number of nitrogens with zero attached hydrogens (tertiary/aromatic N) is 2. The molecule has 0 amide bonds. The number of halogens is 1. The number of hydrogen-bond acceptors (Lipinski definition) is 3. The Morgan fingerprint density at radius 2 is 1.56 bits per heavy atom.